The Labute approximate surface area is 179 Å². The van der Waals surface area contributed by atoms with Crippen molar-refractivity contribution in [1.82, 2.24) is 15.5 Å². The molecule has 1 fully saturated rings. The maximum absolute atomic E-state index is 6.02. The van der Waals surface area contributed by atoms with E-state index in [1.807, 2.05) is 37.3 Å². The molecule has 7 nitrogen and oxygen atoms in total. The predicted octanol–water partition coefficient (Wildman–Crippen LogP) is 3.45. The molecule has 0 amide bonds. The fourth-order valence-corrected chi connectivity index (χ4v) is 3.75. The van der Waals surface area contributed by atoms with Gasteiger partial charge in [0.2, 0.25) is 0 Å². The highest BCUT2D eigenvalue weighted by molar-refractivity contribution is 5.79. The summed E-state index contributed by atoms with van der Waals surface area (Å²) in [5.74, 6) is 3.21. The molecule has 0 bridgehead atoms. The van der Waals surface area contributed by atoms with Crippen LogP contribution in [0.15, 0.2) is 52.1 Å². The molecule has 2 aromatic rings. The van der Waals surface area contributed by atoms with Crippen LogP contribution in [-0.2, 0) is 0 Å². The average molecular weight is 415 g/mol. The molecular formula is C23H34N4O3. The van der Waals surface area contributed by atoms with Gasteiger partial charge in [0.15, 0.2) is 17.5 Å². The Morgan fingerprint density at radius 2 is 1.80 bits per heavy atom. The number of methoxy groups -OCH3 is 1. The lowest BCUT2D eigenvalue weighted by Gasteiger charge is -2.33. The highest BCUT2D eigenvalue weighted by Crippen LogP contribution is 2.27. The maximum atomic E-state index is 6.02. The van der Waals surface area contributed by atoms with Crippen LogP contribution in [-0.4, -0.2) is 57.3 Å². The standard InChI is InChI=1S/C23H34N4O3/c1-18(30-22-11-6-5-10-21(22)28-3)16-25-23(24-2)26-17-19(20-12-9-15-29-20)27-13-7-4-8-14-27/h5-6,9-12,15,18-19H,4,7-8,13-14,16-17H2,1-3H3,(H2,24,25,26). The third kappa shape index (κ3) is 6.16. The molecule has 0 radical (unpaired) electrons. The quantitative estimate of drug-likeness (QED) is 0.484. The van der Waals surface area contributed by atoms with Crippen molar-refractivity contribution in [2.24, 2.45) is 4.99 Å². The molecule has 164 valence electrons. The number of piperidine rings is 1. The zero-order valence-corrected chi connectivity index (χ0v) is 18.3. The van der Waals surface area contributed by atoms with E-state index >= 15 is 0 Å². The number of nitrogens with one attached hydrogen (secondary N) is 2. The van der Waals surface area contributed by atoms with Crippen molar-refractivity contribution in [3.8, 4) is 11.5 Å². The molecule has 0 saturated carbocycles. The van der Waals surface area contributed by atoms with E-state index in [9.17, 15) is 0 Å². The number of furan rings is 1. The first-order valence-electron chi connectivity index (χ1n) is 10.7. The van der Waals surface area contributed by atoms with Crippen LogP contribution in [0.5, 0.6) is 11.5 Å². The minimum Gasteiger partial charge on any atom is -0.493 e. The number of ether oxygens (including phenoxy) is 2. The average Bonchev–Trinajstić information content (AvgIpc) is 3.31. The summed E-state index contributed by atoms with van der Waals surface area (Å²) in [6, 6.07) is 11.9. The van der Waals surface area contributed by atoms with Crippen LogP contribution in [0, 0.1) is 0 Å². The zero-order chi connectivity index (χ0) is 21.2. The Morgan fingerprint density at radius 1 is 1.07 bits per heavy atom. The minimum absolute atomic E-state index is 0.0529. The van der Waals surface area contributed by atoms with Gasteiger partial charge in [0.1, 0.15) is 11.9 Å². The lowest BCUT2D eigenvalue weighted by Crippen LogP contribution is -2.46. The summed E-state index contributed by atoms with van der Waals surface area (Å²) in [6.07, 6.45) is 5.48. The van der Waals surface area contributed by atoms with Gasteiger partial charge >= 0.3 is 0 Å². The van der Waals surface area contributed by atoms with Crippen molar-refractivity contribution in [3.63, 3.8) is 0 Å². The summed E-state index contributed by atoms with van der Waals surface area (Å²) in [4.78, 5) is 6.86. The summed E-state index contributed by atoms with van der Waals surface area (Å²) < 4.78 is 17.1. The smallest absolute Gasteiger partial charge is 0.191 e. The van der Waals surface area contributed by atoms with Gasteiger partial charge in [-0.3, -0.25) is 9.89 Å². The molecule has 1 saturated heterocycles. The number of likely N-dealkylation sites (tertiary alicyclic amines) is 1. The van der Waals surface area contributed by atoms with Gasteiger partial charge in [-0.2, -0.15) is 0 Å². The molecule has 1 aliphatic heterocycles. The summed E-state index contributed by atoms with van der Waals surface area (Å²) in [6.45, 7) is 5.57. The lowest BCUT2D eigenvalue weighted by atomic mass is 10.1. The Bertz CT molecular complexity index is 773. The second kappa shape index (κ2) is 11.5. The molecule has 2 unspecified atom stereocenters. The second-order valence-corrected chi connectivity index (χ2v) is 7.54. The second-order valence-electron chi connectivity index (χ2n) is 7.54. The van der Waals surface area contributed by atoms with Gasteiger partial charge in [-0.25, -0.2) is 0 Å². The Balaban J connectivity index is 1.51. The molecule has 1 aromatic carbocycles. The Morgan fingerprint density at radius 3 is 2.47 bits per heavy atom. The predicted molar refractivity (Wildman–Crippen MR) is 119 cm³/mol. The molecule has 2 atom stereocenters. The fourth-order valence-electron chi connectivity index (χ4n) is 3.75. The number of aliphatic imine (C=N–C) groups is 1. The van der Waals surface area contributed by atoms with Crippen LogP contribution in [0.4, 0.5) is 0 Å². The van der Waals surface area contributed by atoms with Crippen molar-refractivity contribution < 1.29 is 13.9 Å². The number of benzene rings is 1. The van der Waals surface area contributed by atoms with Gasteiger partial charge in [0.05, 0.1) is 26.0 Å². The largest absolute Gasteiger partial charge is 0.493 e. The van der Waals surface area contributed by atoms with Crippen molar-refractivity contribution >= 4 is 5.96 Å². The summed E-state index contributed by atoms with van der Waals surface area (Å²) in [5, 5.41) is 6.81. The van der Waals surface area contributed by atoms with Gasteiger partial charge in [-0.05, 0) is 57.1 Å². The van der Waals surface area contributed by atoms with Crippen LogP contribution < -0.4 is 20.1 Å². The SMILES string of the molecule is CN=C(NCC(C)Oc1ccccc1OC)NCC(c1ccco1)N1CCCCC1. The number of rotatable bonds is 9. The molecule has 1 aromatic heterocycles. The Kier molecular flexibility index (Phi) is 8.44. The monoisotopic (exact) mass is 414 g/mol. The van der Waals surface area contributed by atoms with E-state index in [1.165, 1.54) is 19.3 Å². The van der Waals surface area contributed by atoms with Crippen molar-refractivity contribution in [2.75, 3.05) is 40.3 Å². The van der Waals surface area contributed by atoms with E-state index in [1.54, 1.807) is 20.4 Å². The lowest BCUT2D eigenvalue weighted by molar-refractivity contribution is 0.146. The van der Waals surface area contributed by atoms with Crippen molar-refractivity contribution in [2.45, 2.75) is 38.3 Å². The number of guanidine groups is 1. The van der Waals surface area contributed by atoms with E-state index in [0.29, 0.717) is 6.54 Å². The molecule has 1 aliphatic rings. The molecule has 7 heteroatoms. The minimum atomic E-state index is -0.0529. The third-order valence-corrected chi connectivity index (χ3v) is 5.34. The van der Waals surface area contributed by atoms with Crippen LogP contribution >= 0.6 is 0 Å². The van der Waals surface area contributed by atoms with Gasteiger partial charge in [-0.1, -0.05) is 18.6 Å². The first-order chi connectivity index (χ1) is 14.7. The van der Waals surface area contributed by atoms with Gasteiger partial charge in [0.25, 0.3) is 0 Å². The molecule has 0 spiro atoms. The van der Waals surface area contributed by atoms with Crippen molar-refractivity contribution in [1.29, 1.82) is 0 Å². The van der Waals surface area contributed by atoms with E-state index in [2.05, 4.69) is 26.6 Å². The number of para-hydroxylation sites is 2. The number of nitrogens with zero attached hydrogens (tertiary/aromatic N) is 2. The molecular weight excluding hydrogens is 380 g/mol. The van der Waals surface area contributed by atoms with Crippen LogP contribution in [0.2, 0.25) is 0 Å². The van der Waals surface area contributed by atoms with Gasteiger partial charge in [0, 0.05) is 13.6 Å². The summed E-state index contributed by atoms with van der Waals surface area (Å²) in [7, 11) is 3.43. The zero-order valence-electron chi connectivity index (χ0n) is 18.3. The third-order valence-electron chi connectivity index (χ3n) is 5.34. The number of hydrogen-bond acceptors (Lipinski definition) is 5. The number of hydrogen-bond donors (Lipinski definition) is 2. The summed E-state index contributed by atoms with van der Waals surface area (Å²) in [5.41, 5.74) is 0. The highest BCUT2D eigenvalue weighted by atomic mass is 16.5. The van der Waals surface area contributed by atoms with Crippen LogP contribution in [0.1, 0.15) is 38.0 Å². The topological polar surface area (TPSA) is 71.3 Å². The molecule has 2 N–H and O–H groups in total. The Hall–Kier alpha value is -2.67. The molecule has 30 heavy (non-hydrogen) atoms. The van der Waals surface area contributed by atoms with E-state index in [0.717, 1.165) is 42.9 Å². The van der Waals surface area contributed by atoms with Crippen LogP contribution in [0.3, 0.4) is 0 Å². The van der Waals surface area contributed by atoms with E-state index < -0.39 is 0 Å². The fraction of sp³-hybridized carbons (Fsp3) is 0.522. The normalized spacial score (nSPS) is 17.2. The van der Waals surface area contributed by atoms with Gasteiger partial charge in [-0.15, -0.1) is 0 Å². The first kappa shape index (κ1) is 22.0. The van der Waals surface area contributed by atoms with E-state index in [-0.39, 0.29) is 12.1 Å². The maximum Gasteiger partial charge on any atom is 0.191 e. The summed E-state index contributed by atoms with van der Waals surface area (Å²) >= 11 is 0. The molecule has 3 rings (SSSR count). The first-order valence-corrected chi connectivity index (χ1v) is 10.7. The highest BCUT2D eigenvalue weighted by Gasteiger charge is 2.24. The molecule has 2 heterocycles. The molecule has 0 aliphatic carbocycles. The van der Waals surface area contributed by atoms with E-state index in [4.69, 9.17) is 13.9 Å². The van der Waals surface area contributed by atoms with Crippen LogP contribution in [0.25, 0.3) is 0 Å². The van der Waals surface area contributed by atoms with Gasteiger partial charge < -0.3 is 24.5 Å². The van der Waals surface area contributed by atoms with Crippen molar-refractivity contribution in [3.05, 3.63) is 48.4 Å².